The van der Waals surface area contributed by atoms with Crippen LogP contribution in [0.5, 0.6) is 0 Å². The third-order valence-corrected chi connectivity index (χ3v) is 4.51. The number of ether oxygens (including phenoxy) is 1. The molecule has 0 saturated heterocycles. The molecule has 0 aliphatic heterocycles. The van der Waals surface area contributed by atoms with Crippen LogP contribution >= 0.6 is 7.60 Å². The summed E-state index contributed by atoms with van der Waals surface area (Å²) < 4.78 is 21.6. The van der Waals surface area contributed by atoms with Gasteiger partial charge in [0.1, 0.15) is 17.2 Å². The van der Waals surface area contributed by atoms with Gasteiger partial charge in [-0.1, -0.05) is 30.3 Å². The van der Waals surface area contributed by atoms with E-state index in [9.17, 15) is 9.36 Å². The quantitative estimate of drug-likeness (QED) is 0.456. The predicted molar refractivity (Wildman–Crippen MR) is 93.3 cm³/mol. The number of hydrogen-bond acceptors (Lipinski definition) is 5. The first-order valence-corrected chi connectivity index (χ1v) is 9.43. The maximum atomic E-state index is 11.9. The number of furan rings is 1. The van der Waals surface area contributed by atoms with Crippen LogP contribution in [0.4, 0.5) is 0 Å². The molecule has 3 rings (SSSR count). The fourth-order valence-electron chi connectivity index (χ4n) is 2.74. The number of nitrogens with one attached hydrogen (secondary N) is 1. The van der Waals surface area contributed by atoms with Gasteiger partial charge in [-0.15, -0.1) is 0 Å². The van der Waals surface area contributed by atoms with Crippen molar-refractivity contribution in [1.29, 1.82) is 0 Å². The van der Waals surface area contributed by atoms with Crippen molar-refractivity contribution in [3.63, 3.8) is 0 Å². The number of esters is 1. The van der Waals surface area contributed by atoms with Crippen LogP contribution in [-0.4, -0.2) is 35.2 Å². The summed E-state index contributed by atoms with van der Waals surface area (Å²) in [6.45, 7) is 0. The second-order valence-corrected chi connectivity index (χ2v) is 7.38. The van der Waals surface area contributed by atoms with Crippen molar-refractivity contribution in [2.45, 2.75) is 12.5 Å². The van der Waals surface area contributed by atoms with E-state index in [-0.39, 0.29) is 6.42 Å². The van der Waals surface area contributed by atoms with Gasteiger partial charge in [0.25, 0.3) is 0 Å². The molecule has 0 fully saturated rings. The SMILES string of the molecule is COC(=O)[C@H](Cc1ccc2c(c1)oc1ccccc12)NCP(=O)(O)O. The number of rotatable bonds is 6. The maximum absolute atomic E-state index is 11.9. The molecule has 0 saturated carbocycles. The highest BCUT2D eigenvalue weighted by Gasteiger charge is 2.23. The van der Waals surface area contributed by atoms with Gasteiger partial charge in [-0.25, -0.2) is 0 Å². The summed E-state index contributed by atoms with van der Waals surface area (Å²) in [5.74, 6) is -0.585. The third kappa shape index (κ3) is 4.08. The smallest absolute Gasteiger partial charge is 0.339 e. The average Bonchev–Trinajstić information content (AvgIpc) is 2.94. The van der Waals surface area contributed by atoms with Gasteiger partial charge in [0.2, 0.25) is 0 Å². The van der Waals surface area contributed by atoms with Gasteiger partial charge in [-0.2, -0.15) is 0 Å². The summed E-state index contributed by atoms with van der Waals surface area (Å²) in [5.41, 5.74) is 2.26. The monoisotopic (exact) mass is 363 g/mol. The van der Waals surface area contributed by atoms with E-state index in [1.54, 1.807) is 0 Å². The molecule has 1 atom stereocenters. The summed E-state index contributed by atoms with van der Waals surface area (Å²) in [4.78, 5) is 29.9. The first-order valence-electron chi connectivity index (χ1n) is 7.63. The summed E-state index contributed by atoms with van der Waals surface area (Å²) >= 11 is 0. The van der Waals surface area contributed by atoms with Crippen LogP contribution in [0.15, 0.2) is 46.9 Å². The topological polar surface area (TPSA) is 109 Å². The number of benzene rings is 2. The molecular formula is C17H18NO6P. The van der Waals surface area contributed by atoms with Crippen molar-refractivity contribution in [2.75, 3.05) is 13.4 Å². The maximum Gasteiger partial charge on any atom is 0.339 e. The highest BCUT2D eigenvalue weighted by atomic mass is 31.2. The van der Waals surface area contributed by atoms with Gasteiger partial charge >= 0.3 is 13.6 Å². The molecule has 0 amide bonds. The zero-order valence-electron chi connectivity index (χ0n) is 13.5. The molecule has 0 unspecified atom stereocenters. The first kappa shape index (κ1) is 17.6. The van der Waals surface area contributed by atoms with Crippen molar-refractivity contribution in [1.82, 2.24) is 5.32 Å². The van der Waals surface area contributed by atoms with E-state index < -0.39 is 25.9 Å². The van der Waals surface area contributed by atoms with Gasteiger partial charge in [0, 0.05) is 10.8 Å². The second kappa shape index (κ2) is 6.98. The minimum Gasteiger partial charge on any atom is -0.468 e. The number of hydrogen-bond donors (Lipinski definition) is 3. The van der Waals surface area contributed by atoms with Crippen molar-refractivity contribution in [3.8, 4) is 0 Å². The van der Waals surface area contributed by atoms with E-state index in [1.165, 1.54) is 7.11 Å². The van der Waals surface area contributed by atoms with E-state index >= 15 is 0 Å². The van der Waals surface area contributed by atoms with Crippen LogP contribution in [0.3, 0.4) is 0 Å². The lowest BCUT2D eigenvalue weighted by Crippen LogP contribution is -2.39. The Labute approximate surface area is 143 Å². The zero-order valence-corrected chi connectivity index (χ0v) is 14.4. The van der Waals surface area contributed by atoms with Crippen LogP contribution < -0.4 is 5.32 Å². The van der Waals surface area contributed by atoms with E-state index in [0.717, 1.165) is 21.9 Å². The molecule has 1 aromatic heterocycles. The van der Waals surface area contributed by atoms with Crippen LogP contribution in [-0.2, 0) is 20.5 Å². The Morgan fingerprint density at radius 1 is 1.20 bits per heavy atom. The van der Waals surface area contributed by atoms with Gasteiger partial charge in [-0.05, 0) is 24.1 Å². The number of fused-ring (bicyclic) bond motifs is 3. The summed E-state index contributed by atoms with van der Waals surface area (Å²) in [6, 6.07) is 12.4. The van der Waals surface area contributed by atoms with Gasteiger partial charge < -0.3 is 18.9 Å². The fourth-order valence-corrected chi connectivity index (χ4v) is 3.20. The molecule has 7 nitrogen and oxygen atoms in total. The van der Waals surface area contributed by atoms with Crippen molar-refractivity contribution < 1.29 is 28.3 Å². The van der Waals surface area contributed by atoms with E-state index in [4.69, 9.17) is 18.9 Å². The molecule has 0 radical (unpaired) electrons. The Balaban J connectivity index is 1.87. The standard InChI is InChI=1S/C17H18NO6P/c1-23-17(19)14(18-10-25(20,21)22)8-11-6-7-13-12-4-2-3-5-15(12)24-16(13)9-11/h2-7,9,14,18H,8,10H2,1H3,(H2,20,21,22)/t14-/m0/s1. The summed E-state index contributed by atoms with van der Waals surface area (Å²) in [7, 11) is -3.04. The van der Waals surface area contributed by atoms with Crippen molar-refractivity contribution in [2.24, 2.45) is 0 Å². The molecule has 2 aromatic carbocycles. The van der Waals surface area contributed by atoms with Crippen molar-refractivity contribution in [3.05, 3.63) is 48.0 Å². The lowest BCUT2D eigenvalue weighted by molar-refractivity contribution is -0.143. The molecular weight excluding hydrogens is 345 g/mol. The Hall–Kier alpha value is -2.18. The number of para-hydroxylation sites is 1. The molecule has 3 aromatic rings. The Kier molecular flexibility index (Phi) is 4.92. The minimum atomic E-state index is -4.27. The molecule has 132 valence electrons. The molecule has 0 spiro atoms. The number of methoxy groups -OCH3 is 1. The Morgan fingerprint density at radius 2 is 1.92 bits per heavy atom. The fraction of sp³-hybridized carbons (Fsp3) is 0.235. The summed E-state index contributed by atoms with van der Waals surface area (Å²) in [6.07, 6.45) is -0.376. The number of carbonyl (C=O) groups is 1. The van der Waals surface area contributed by atoms with E-state index in [0.29, 0.717) is 5.58 Å². The molecule has 0 aliphatic rings. The van der Waals surface area contributed by atoms with Gasteiger partial charge in [0.15, 0.2) is 0 Å². The minimum absolute atomic E-state index is 0.222. The molecule has 25 heavy (non-hydrogen) atoms. The highest BCUT2D eigenvalue weighted by Crippen LogP contribution is 2.32. The predicted octanol–water partition coefficient (Wildman–Crippen LogP) is 2.39. The molecule has 1 heterocycles. The summed E-state index contributed by atoms with van der Waals surface area (Å²) in [5, 5.41) is 4.54. The lowest BCUT2D eigenvalue weighted by atomic mass is 10.0. The number of carbonyl (C=O) groups excluding carboxylic acids is 1. The van der Waals surface area contributed by atoms with Crippen molar-refractivity contribution >= 4 is 35.5 Å². The Bertz CT molecular complexity index is 960. The van der Waals surface area contributed by atoms with Gasteiger partial charge in [0.05, 0.1) is 13.4 Å². The largest absolute Gasteiger partial charge is 0.468 e. The van der Waals surface area contributed by atoms with Crippen LogP contribution in [0, 0.1) is 0 Å². The zero-order chi connectivity index (χ0) is 18.0. The molecule has 8 heteroatoms. The molecule has 0 bridgehead atoms. The molecule has 0 aliphatic carbocycles. The molecule has 3 N–H and O–H groups in total. The third-order valence-electron chi connectivity index (χ3n) is 3.91. The first-order chi connectivity index (χ1) is 11.9. The lowest BCUT2D eigenvalue weighted by Gasteiger charge is -2.17. The van der Waals surface area contributed by atoms with Gasteiger partial charge in [-0.3, -0.25) is 14.7 Å². The van der Waals surface area contributed by atoms with Crippen LogP contribution in [0.2, 0.25) is 0 Å². The Morgan fingerprint density at radius 3 is 2.64 bits per heavy atom. The van der Waals surface area contributed by atoms with E-state index in [1.807, 2.05) is 42.5 Å². The van der Waals surface area contributed by atoms with Crippen LogP contribution in [0.1, 0.15) is 5.56 Å². The van der Waals surface area contributed by atoms with E-state index in [2.05, 4.69) is 5.32 Å². The van der Waals surface area contributed by atoms with Crippen LogP contribution in [0.25, 0.3) is 21.9 Å². The highest BCUT2D eigenvalue weighted by molar-refractivity contribution is 7.51. The average molecular weight is 363 g/mol. The second-order valence-electron chi connectivity index (χ2n) is 5.74. The normalized spacial score (nSPS) is 13.2.